The minimum absolute atomic E-state index is 0.0270. The molecule has 0 aliphatic heterocycles. The highest BCUT2D eigenvalue weighted by Gasteiger charge is 2.22. The summed E-state index contributed by atoms with van der Waals surface area (Å²) in [4.78, 5) is 25.2. The van der Waals surface area contributed by atoms with E-state index in [1.165, 1.54) is 96.3 Å². The molecule has 0 saturated heterocycles. The predicted molar refractivity (Wildman–Crippen MR) is 246 cm³/mol. The summed E-state index contributed by atoms with van der Waals surface area (Å²) in [5.74, 6) is -0.337. The van der Waals surface area contributed by atoms with E-state index >= 15 is 0 Å². The lowest BCUT2D eigenvalue weighted by Crippen LogP contribution is -2.45. The Morgan fingerprint density at radius 2 is 1.07 bits per heavy atom. The topological polar surface area (TPSA) is 108 Å². The first-order valence-corrected chi connectivity index (χ1v) is 24.4. The van der Waals surface area contributed by atoms with Crippen LogP contribution in [0.4, 0.5) is 0 Å². The van der Waals surface area contributed by atoms with Crippen LogP contribution >= 0.6 is 7.82 Å². The minimum Gasteiger partial charge on any atom is -0.756 e. The van der Waals surface area contributed by atoms with E-state index in [0.717, 1.165) is 44.9 Å². The Labute approximate surface area is 356 Å². The van der Waals surface area contributed by atoms with Crippen LogP contribution in [-0.4, -0.2) is 68.5 Å². The van der Waals surface area contributed by atoms with Crippen molar-refractivity contribution in [3.05, 3.63) is 85.1 Å². The standard InChI is InChI=1S/C49H87N2O6P/c1-6-8-10-12-14-16-18-20-22-23-24-25-26-27-29-30-32-34-36-38-40-42-48(52)47(46-57-58(54,55)56-45-44-51(3,4)5)50-49(53)43-41-39-37-35-33-31-28-21-19-17-15-13-11-9-7-2/h9,11,15,17,21,28,32-35,39-42,47-48,52H,6-8,10,12-14,16,18-20,22-27,29-31,36-38,43-46H2,1-5H3,(H-,50,53,54,55)/b11-9-,17-15-,28-21-,34-32+,35-33-,41-39-,42-40+. The summed E-state index contributed by atoms with van der Waals surface area (Å²) in [6, 6.07) is -0.962. The Bertz CT molecular complexity index is 1220. The Morgan fingerprint density at radius 1 is 0.621 bits per heavy atom. The fraction of sp³-hybridized carbons (Fsp3) is 0.694. The highest BCUT2D eigenvalue weighted by Crippen LogP contribution is 2.38. The van der Waals surface area contributed by atoms with Gasteiger partial charge in [-0.3, -0.25) is 9.36 Å². The van der Waals surface area contributed by atoms with Crippen molar-refractivity contribution >= 4 is 13.7 Å². The molecule has 1 amide bonds. The summed E-state index contributed by atoms with van der Waals surface area (Å²) in [5.41, 5.74) is 0. The molecule has 0 aliphatic carbocycles. The molecule has 0 aliphatic rings. The zero-order valence-corrected chi connectivity index (χ0v) is 38.6. The van der Waals surface area contributed by atoms with Gasteiger partial charge in [-0.1, -0.05) is 189 Å². The van der Waals surface area contributed by atoms with Crippen LogP contribution in [0.25, 0.3) is 0 Å². The van der Waals surface area contributed by atoms with E-state index in [-0.39, 0.29) is 18.9 Å². The molecule has 3 atom stereocenters. The highest BCUT2D eigenvalue weighted by atomic mass is 31.2. The van der Waals surface area contributed by atoms with Crippen LogP contribution in [0.1, 0.15) is 168 Å². The van der Waals surface area contributed by atoms with Crippen molar-refractivity contribution in [2.45, 2.75) is 180 Å². The smallest absolute Gasteiger partial charge is 0.268 e. The van der Waals surface area contributed by atoms with Gasteiger partial charge in [0.1, 0.15) is 13.2 Å². The minimum atomic E-state index is -4.63. The lowest BCUT2D eigenvalue weighted by Gasteiger charge is -2.29. The van der Waals surface area contributed by atoms with Gasteiger partial charge >= 0.3 is 0 Å². The van der Waals surface area contributed by atoms with Crippen molar-refractivity contribution in [2.24, 2.45) is 0 Å². The maximum atomic E-state index is 12.8. The van der Waals surface area contributed by atoms with Gasteiger partial charge < -0.3 is 28.8 Å². The summed E-state index contributed by atoms with van der Waals surface area (Å²) in [5, 5.41) is 13.7. The molecule has 334 valence electrons. The average molecular weight is 831 g/mol. The van der Waals surface area contributed by atoms with Crippen LogP contribution in [0.2, 0.25) is 0 Å². The number of phosphoric acid groups is 1. The van der Waals surface area contributed by atoms with Gasteiger partial charge in [0.2, 0.25) is 5.91 Å². The molecule has 9 heteroatoms. The van der Waals surface area contributed by atoms with Gasteiger partial charge in [0.05, 0.1) is 39.9 Å². The third-order valence-corrected chi connectivity index (χ3v) is 10.6. The maximum absolute atomic E-state index is 12.8. The van der Waals surface area contributed by atoms with Gasteiger partial charge in [-0.15, -0.1) is 0 Å². The second kappa shape index (κ2) is 40.1. The number of quaternary nitrogens is 1. The molecule has 0 spiro atoms. The van der Waals surface area contributed by atoms with Crippen LogP contribution in [0.15, 0.2) is 85.1 Å². The molecular formula is C49H87N2O6P. The van der Waals surface area contributed by atoms with Crippen molar-refractivity contribution in [3.8, 4) is 0 Å². The van der Waals surface area contributed by atoms with Crippen LogP contribution < -0.4 is 10.2 Å². The largest absolute Gasteiger partial charge is 0.756 e. The Hall–Kier alpha value is -2.32. The average Bonchev–Trinajstić information content (AvgIpc) is 3.17. The van der Waals surface area contributed by atoms with E-state index in [4.69, 9.17) is 9.05 Å². The molecule has 3 unspecified atom stereocenters. The lowest BCUT2D eigenvalue weighted by atomic mass is 10.0. The summed E-state index contributed by atoms with van der Waals surface area (Å²) in [7, 11) is 1.17. The number of unbranched alkanes of at least 4 members (excludes halogenated alkanes) is 16. The lowest BCUT2D eigenvalue weighted by molar-refractivity contribution is -0.870. The third kappa shape index (κ3) is 41.8. The zero-order valence-electron chi connectivity index (χ0n) is 37.7. The molecule has 0 fully saturated rings. The Morgan fingerprint density at radius 3 is 1.57 bits per heavy atom. The number of amides is 1. The molecule has 0 saturated carbocycles. The third-order valence-electron chi connectivity index (χ3n) is 9.62. The number of carbonyl (C=O) groups is 1. The van der Waals surface area contributed by atoms with Crippen LogP contribution in [0.3, 0.4) is 0 Å². The second-order valence-corrected chi connectivity index (χ2v) is 17.8. The molecule has 0 aromatic heterocycles. The number of hydrogen-bond acceptors (Lipinski definition) is 6. The zero-order chi connectivity index (χ0) is 42.8. The number of allylic oxidation sites excluding steroid dienone is 12. The van der Waals surface area contributed by atoms with E-state index < -0.39 is 26.6 Å². The number of likely N-dealkylation sites (N-methyl/N-ethyl adjacent to an activating group) is 1. The number of hydrogen-bond donors (Lipinski definition) is 2. The van der Waals surface area contributed by atoms with Crippen LogP contribution in [-0.2, 0) is 18.4 Å². The Kier molecular flexibility index (Phi) is 38.5. The van der Waals surface area contributed by atoms with E-state index in [2.05, 4.69) is 79.9 Å². The van der Waals surface area contributed by atoms with Crippen molar-refractivity contribution in [1.82, 2.24) is 5.32 Å². The van der Waals surface area contributed by atoms with Crippen molar-refractivity contribution in [3.63, 3.8) is 0 Å². The number of aliphatic hydroxyl groups excluding tert-OH is 1. The molecule has 2 N–H and O–H groups in total. The monoisotopic (exact) mass is 831 g/mol. The number of rotatable bonds is 40. The van der Waals surface area contributed by atoms with Crippen molar-refractivity contribution in [1.29, 1.82) is 0 Å². The molecule has 0 aromatic carbocycles. The van der Waals surface area contributed by atoms with Gasteiger partial charge in [-0.25, -0.2) is 0 Å². The molecule has 0 bridgehead atoms. The number of phosphoric ester groups is 1. The summed E-state index contributed by atoms with van der Waals surface area (Å²) >= 11 is 0. The van der Waals surface area contributed by atoms with E-state index in [1.54, 1.807) is 12.2 Å². The first-order chi connectivity index (χ1) is 28.0. The molecular weight excluding hydrogens is 744 g/mol. The van der Waals surface area contributed by atoms with Gasteiger partial charge in [-0.05, 0) is 57.8 Å². The summed E-state index contributed by atoms with van der Waals surface area (Å²) in [6.07, 6.45) is 55.3. The first kappa shape index (κ1) is 55.7. The van der Waals surface area contributed by atoms with Gasteiger partial charge in [0, 0.05) is 6.42 Å². The van der Waals surface area contributed by atoms with Crippen molar-refractivity contribution in [2.75, 3.05) is 40.9 Å². The predicted octanol–water partition coefficient (Wildman–Crippen LogP) is 12.3. The normalized spacial score (nSPS) is 15.1. The fourth-order valence-corrected chi connectivity index (χ4v) is 6.72. The van der Waals surface area contributed by atoms with E-state index in [0.29, 0.717) is 17.4 Å². The summed E-state index contributed by atoms with van der Waals surface area (Å²) in [6.45, 7) is 4.42. The van der Waals surface area contributed by atoms with E-state index in [1.807, 2.05) is 33.3 Å². The molecule has 0 radical (unpaired) electrons. The van der Waals surface area contributed by atoms with Gasteiger partial charge in [-0.2, -0.15) is 0 Å². The van der Waals surface area contributed by atoms with Crippen molar-refractivity contribution < 1.29 is 32.9 Å². The molecule has 58 heavy (non-hydrogen) atoms. The van der Waals surface area contributed by atoms with Gasteiger partial charge in [0.15, 0.2) is 0 Å². The number of carbonyl (C=O) groups excluding carboxylic acids is 1. The molecule has 0 rings (SSSR count). The van der Waals surface area contributed by atoms with Gasteiger partial charge in [0.25, 0.3) is 7.82 Å². The second-order valence-electron chi connectivity index (χ2n) is 16.4. The highest BCUT2D eigenvalue weighted by molar-refractivity contribution is 7.45. The molecule has 0 heterocycles. The van der Waals surface area contributed by atoms with Crippen LogP contribution in [0.5, 0.6) is 0 Å². The number of nitrogens with zero attached hydrogens (tertiary/aromatic N) is 1. The number of nitrogens with one attached hydrogen (secondary N) is 1. The maximum Gasteiger partial charge on any atom is 0.268 e. The quantitative estimate of drug-likeness (QED) is 0.0276. The number of aliphatic hydroxyl groups is 1. The Balaban J connectivity index is 4.56. The molecule has 0 aromatic rings. The first-order valence-electron chi connectivity index (χ1n) is 22.9. The molecule has 8 nitrogen and oxygen atoms in total. The fourth-order valence-electron chi connectivity index (χ4n) is 6.00. The SMILES string of the molecule is CC/C=C\C/C=C\C/C=C\C/C=C\C/C=C\CC(=O)NC(COP(=O)([O-])OCC[N+](C)(C)C)C(O)/C=C/CC/C=C/CCCCCCCCCCCCCCCCC. The summed E-state index contributed by atoms with van der Waals surface area (Å²) < 4.78 is 23.1. The van der Waals surface area contributed by atoms with Crippen LogP contribution in [0, 0.1) is 0 Å². The van der Waals surface area contributed by atoms with E-state index in [9.17, 15) is 19.4 Å².